The fraction of sp³-hybridized carbons (Fsp3) is 0.400. The Kier molecular flexibility index (Phi) is 2.11. The second-order valence-electron chi connectivity index (χ2n) is 3.14. The first kappa shape index (κ1) is 8.99. The number of nitrogens with zero attached hydrogens (tertiary/aromatic N) is 3. The molecule has 0 atom stereocenters. The van der Waals surface area contributed by atoms with Crippen LogP contribution in [0.5, 0.6) is 5.88 Å². The van der Waals surface area contributed by atoms with Gasteiger partial charge < -0.3 is 4.74 Å². The Balaban J connectivity index is 2.82. The molecule has 0 aromatic carbocycles. The minimum atomic E-state index is 0.660. The van der Waals surface area contributed by atoms with Crippen LogP contribution in [0.3, 0.4) is 0 Å². The van der Waals surface area contributed by atoms with E-state index in [0.717, 1.165) is 23.0 Å². The maximum Gasteiger partial charge on any atom is 0.224 e. The molecule has 0 aliphatic rings. The Labute approximate surface area is 82.5 Å². The smallest absolute Gasteiger partial charge is 0.224 e. The Morgan fingerprint density at radius 2 is 2.29 bits per heavy atom. The summed E-state index contributed by atoms with van der Waals surface area (Å²) in [5.41, 5.74) is 2.10. The first-order valence-electron chi connectivity index (χ1n) is 4.62. The minimum absolute atomic E-state index is 0.660. The molecule has 2 aromatic heterocycles. The molecule has 0 radical (unpaired) electrons. The number of hydrogen-bond donors (Lipinski definition) is 0. The van der Waals surface area contributed by atoms with Gasteiger partial charge in [0.05, 0.1) is 23.7 Å². The number of ether oxygens (including phenoxy) is 1. The van der Waals surface area contributed by atoms with E-state index in [-0.39, 0.29) is 0 Å². The summed E-state index contributed by atoms with van der Waals surface area (Å²) in [4.78, 5) is 4.17. The molecule has 2 heterocycles. The molecule has 14 heavy (non-hydrogen) atoms. The first-order chi connectivity index (χ1) is 6.77. The summed E-state index contributed by atoms with van der Waals surface area (Å²) in [6.45, 7) is 2.08. The highest BCUT2D eigenvalue weighted by atomic mass is 16.5. The molecule has 0 saturated heterocycles. The van der Waals surface area contributed by atoms with Gasteiger partial charge in [0.15, 0.2) is 0 Å². The van der Waals surface area contributed by atoms with Gasteiger partial charge in [-0.15, -0.1) is 0 Å². The van der Waals surface area contributed by atoms with Crippen molar-refractivity contribution in [2.45, 2.75) is 13.3 Å². The highest BCUT2D eigenvalue weighted by molar-refractivity contribution is 5.86. The van der Waals surface area contributed by atoms with Crippen LogP contribution in [0, 0.1) is 0 Å². The zero-order chi connectivity index (χ0) is 10.1. The van der Waals surface area contributed by atoms with Gasteiger partial charge in [0.1, 0.15) is 0 Å². The van der Waals surface area contributed by atoms with Crippen LogP contribution in [0.4, 0.5) is 0 Å². The predicted molar refractivity (Wildman–Crippen MR) is 54.4 cm³/mol. The van der Waals surface area contributed by atoms with Gasteiger partial charge in [0, 0.05) is 13.2 Å². The fourth-order valence-electron chi connectivity index (χ4n) is 1.66. The van der Waals surface area contributed by atoms with Gasteiger partial charge in [-0.2, -0.15) is 5.10 Å². The van der Waals surface area contributed by atoms with Gasteiger partial charge in [-0.3, -0.25) is 4.68 Å². The van der Waals surface area contributed by atoms with Gasteiger partial charge in [0.2, 0.25) is 5.88 Å². The van der Waals surface area contributed by atoms with Gasteiger partial charge in [0.25, 0.3) is 0 Å². The lowest BCUT2D eigenvalue weighted by Gasteiger charge is -2.00. The van der Waals surface area contributed by atoms with E-state index < -0.39 is 0 Å². The molecular formula is C10H13N3O. The summed E-state index contributed by atoms with van der Waals surface area (Å²) >= 11 is 0. The SMILES string of the molecule is CCc1nn(C)c2ccnc(OC)c12. The molecule has 4 heteroatoms. The summed E-state index contributed by atoms with van der Waals surface area (Å²) in [5.74, 6) is 0.660. The molecule has 0 unspecified atom stereocenters. The normalized spacial score (nSPS) is 10.8. The van der Waals surface area contributed by atoms with Crippen LogP contribution < -0.4 is 4.74 Å². The molecule has 0 fully saturated rings. The highest BCUT2D eigenvalue weighted by Gasteiger charge is 2.12. The number of hydrogen-bond acceptors (Lipinski definition) is 3. The summed E-state index contributed by atoms with van der Waals surface area (Å²) < 4.78 is 7.08. The summed E-state index contributed by atoms with van der Waals surface area (Å²) in [7, 11) is 3.56. The minimum Gasteiger partial charge on any atom is -0.480 e. The summed E-state index contributed by atoms with van der Waals surface area (Å²) in [6, 6.07) is 1.95. The third kappa shape index (κ3) is 1.14. The number of pyridine rings is 1. The van der Waals surface area contributed by atoms with Crippen LogP contribution in [0.2, 0.25) is 0 Å². The first-order valence-corrected chi connectivity index (χ1v) is 4.62. The van der Waals surface area contributed by atoms with Gasteiger partial charge in [-0.1, -0.05) is 6.92 Å². The van der Waals surface area contributed by atoms with Crippen LogP contribution in [0.15, 0.2) is 12.3 Å². The van der Waals surface area contributed by atoms with Crippen molar-refractivity contribution in [3.8, 4) is 5.88 Å². The number of aromatic nitrogens is 3. The molecule has 0 amide bonds. The average molecular weight is 191 g/mol. The van der Waals surface area contributed by atoms with Crippen molar-refractivity contribution in [2.24, 2.45) is 7.05 Å². The number of aryl methyl sites for hydroxylation is 2. The van der Waals surface area contributed by atoms with E-state index in [1.807, 2.05) is 17.8 Å². The van der Waals surface area contributed by atoms with Crippen molar-refractivity contribution in [3.05, 3.63) is 18.0 Å². The van der Waals surface area contributed by atoms with Crippen molar-refractivity contribution in [3.63, 3.8) is 0 Å². The molecule has 0 bridgehead atoms. The van der Waals surface area contributed by atoms with E-state index >= 15 is 0 Å². The molecule has 0 saturated carbocycles. The van der Waals surface area contributed by atoms with Gasteiger partial charge in [-0.25, -0.2) is 4.98 Å². The Hall–Kier alpha value is -1.58. The third-order valence-electron chi connectivity index (χ3n) is 2.33. The van der Waals surface area contributed by atoms with E-state index in [9.17, 15) is 0 Å². The molecule has 0 spiro atoms. The monoisotopic (exact) mass is 191 g/mol. The Morgan fingerprint density at radius 3 is 2.93 bits per heavy atom. The van der Waals surface area contributed by atoms with E-state index in [0.29, 0.717) is 5.88 Å². The van der Waals surface area contributed by atoms with Crippen molar-refractivity contribution in [2.75, 3.05) is 7.11 Å². The number of rotatable bonds is 2. The highest BCUT2D eigenvalue weighted by Crippen LogP contribution is 2.25. The quantitative estimate of drug-likeness (QED) is 0.722. The second kappa shape index (κ2) is 3.29. The third-order valence-corrected chi connectivity index (χ3v) is 2.33. The molecule has 0 N–H and O–H groups in total. The zero-order valence-electron chi connectivity index (χ0n) is 8.61. The lowest BCUT2D eigenvalue weighted by atomic mass is 10.2. The van der Waals surface area contributed by atoms with E-state index in [1.165, 1.54) is 0 Å². The van der Waals surface area contributed by atoms with E-state index in [4.69, 9.17) is 4.74 Å². The van der Waals surface area contributed by atoms with Crippen molar-refractivity contribution < 1.29 is 4.74 Å². The molecular weight excluding hydrogens is 178 g/mol. The van der Waals surface area contributed by atoms with Crippen molar-refractivity contribution in [1.29, 1.82) is 0 Å². The summed E-state index contributed by atoms with van der Waals surface area (Å²) in [5, 5.41) is 5.44. The molecule has 74 valence electrons. The average Bonchev–Trinajstić information content (AvgIpc) is 2.56. The number of methoxy groups -OCH3 is 1. The van der Waals surface area contributed by atoms with E-state index in [2.05, 4.69) is 17.0 Å². The maximum atomic E-state index is 5.22. The predicted octanol–water partition coefficient (Wildman–Crippen LogP) is 1.54. The molecule has 2 aromatic rings. The van der Waals surface area contributed by atoms with Crippen molar-refractivity contribution in [1.82, 2.24) is 14.8 Å². The van der Waals surface area contributed by atoms with Crippen LogP contribution in [0.25, 0.3) is 10.9 Å². The summed E-state index contributed by atoms with van der Waals surface area (Å²) in [6.07, 6.45) is 2.63. The van der Waals surface area contributed by atoms with Crippen LogP contribution in [-0.2, 0) is 13.5 Å². The topological polar surface area (TPSA) is 39.9 Å². The van der Waals surface area contributed by atoms with Gasteiger partial charge >= 0.3 is 0 Å². The lowest BCUT2D eigenvalue weighted by Crippen LogP contribution is -1.90. The molecule has 0 aliphatic heterocycles. The van der Waals surface area contributed by atoms with Crippen LogP contribution >= 0.6 is 0 Å². The molecule has 4 nitrogen and oxygen atoms in total. The van der Waals surface area contributed by atoms with Gasteiger partial charge in [-0.05, 0) is 12.5 Å². The van der Waals surface area contributed by atoms with Crippen LogP contribution in [-0.4, -0.2) is 21.9 Å². The maximum absolute atomic E-state index is 5.22. The largest absolute Gasteiger partial charge is 0.480 e. The second-order valence-corrected chi connectivity index (χ2v) is 3.14. The molecule has 2 rings (SSSR count). The fourth-order valence-corrected chi connectivity index (χ4v) is 1.66. The Morgan fingerprint density at radius 1 is 1.50 bits per heavy atom. The van der Waals surface area contributed by atoms with Crippen LogP contribution in [0.1, 0.15) is 12.6 Å². The lowest BCUT2D eigenvalue weighted by molar-refractivity contribution is 0.403. The molecule has 0 aliphatic carbocycles. The number of fused-ring (bicyclic) bond motifs is 1. The standard InChI is InChI=1S/C10H13N3O/c1-4-7-9-8(13(2)12-7)5-6-11-10(9)14-3/h5-6H,4H2,1-3H3. The van der Waals surface area contributed by atoms with Crippen molar-refractivity contribution >= 4 is 10.9 Å². The zero-order valence-corrected chi connectivity index (χ0v) is 8.61. The van der Waals surface area contributed by atoms with E-state index in [1.54, 1.807) is 13.3 Å². The Bertz CT molecular complexity index is 462.